The maximum atomic E-state index is 12.8. The molecule has 0 aliphatic heterocycles. The van der Waals surface area contributed by atoms with Crippen molar-refractivity contribution in [2.24, 2.45) is 0 Å². The van der Waals surface area contributed by atoms with Gasteiger partial charge in [-0.3, -0.25) is 14.8 Å². The van der Waals surface area contributed by atoms with E-state index in [9.17, 15) is 18.0 Å². The number of fused-ring (bicyclic) bond motifs is 2. The van der Waals surface area contributed by atoms with Gasteiger partial charge in [0.05, 0.1) is 5.69 Å². The molecule has 0 saturated heterocycles. The molecule has 0 atom stereocenters. The summed E-state index contributed by atoms with van der Waals surface area (Å²) in [5.74, 6) is -0.754. The Balaban J connectivity index is 1.44. The van der Waals surface area contributed by atoms with Gasteiger partial charge in [-0.05, 0) is 106 Å². The molecule has 0 saturated carbocycles. The van der Waals surface area contributed by atoms with Crippen molar-refractivity contribution < 1.29 is 22.7 Å². The molecule has 0 unspecified atom stereocenters. The van der Waals surface area contributed by atoms with Gasteiger partial charge in [-0.15, -0.1) is 0 Å². The van der Waals surface area contributed by atoms with Crippen molar-refractivity contribution in [3.8, 4) is 0 Å². The molecule has 9 heteroatoms. The van der Waals surface area contributed by atoms with Crippen LogP contribution in [0.2, 0.25) is 0 Å². The molecule has 176 valence electrons. The van der Waals surface area contributed by atoms with E-state index in [-0.39, 0.29) is 5.56 Å². The number of rotatable bonds is 5. The summed E-state index contributed by atoms with van der Waals surface area (Å²) in [6.07, 6.45) is 4.96. The SMILES string of the molecule is CC(C)(C)OC(=O)Nc1ccc(C(=O)NS(=O)(=O)Nc2c3c(cc4c2CCC4)CCC3)cc1. The van der Waals surface area contributed by atoms with Gasteiger partial charge in [0.1, 0.15) is 5.60 Å². The summed E-state index contributed by atoms with van der Waals surface area (Å²) in [7, 11) is -4.11. The monoisotopic (exact) mass is 471 g/mol. The predicted molar refractivity (Wildman–Crippen MR) is 127 cm³/mol. The van der Waals surface area contributed by atoms with Crippen LogP contribution in [0.15, 0.2) is 30.3 Å². The Labute approximate surface area is 194 Å². The molecule has 3 N–H and O–H groups in total. The predicted octanol–water partition coefficient (Wildman–Crippen LogP) is 4.10. The Bertz CT molecular complexity index is 1170. The van der Waals surface area contributed by atoms with Gasteiger partial charge in [-0.25, -0.2) is 9.52 Å². The Kier molecular flexibility index (Phi) is 6.09. The van der Waals surface area contributed by atoms with E-state index in [2.05, 4.69) is 20.8 Å². The summed E-state index contributed by atoms with van der Waals surface area (Å²) in [6, 6.07) is 8.12. The molecule has 2 aromatic carbocycles. The van der Waals surface area contributed by atoms with E-state index in [0.717, 1.165) is 49.7 Å². The maximum absolute atomic E-state index is 12.8. The van der Waals surface area contributed by atoms with Crippen LogP contribution in [0.1, 0.15) is 66.2 Å². The topological polar surface area (TPSA) is 114 Å². The quantitative estimate of drug-likeness (QED) is 0.608. The van der Waals surface area contributed by atoms with Crippen molar-refractivity contribution in [3.63, 3.8) is 0 Å². The molecule has 33 heavy (non-hydrogen) atoms. The van der Waals surface area contributed by atoms with E-state index in [1.54, 1.807) is 20.8 Å². The minimum atomic E-state index is -4.11. The fraction of sp³-hybridized carbons (Fsp3) is 0.417. The molecule has 0 fully saturated rings. The first-order valence-electron chi connectivity index (χ1n) is 11.1. The van der Waals surface area contributed by atoms with E-state index in [1.165, 1.54) is 35.4 Å². The molecule has 2 amide bonds. The van der Waals surface area contributed by atoms with Gasteiger partial charge in [0.2, 0.25) is 0 Å². The van der Waals surface area contributed by atoms with Crippen LogP contribution in [-0.2, 0) is 40.6 Å². The normalized spacial score (nSPS) is 14.9. The highest BCUT2D eigenvalue weighted by Crippen LogP contribution is 2.38. The van der Waals surface area contributed by atoms with E-state index < -0.39 is 27.8 Å². The second-order valence-electron chi connectivity index (χ2n) is 9.47. The van der Waals surface area contributed by atoms with Gasteiger partial charge in [0.25, 0.3) is 5.91 Å². The third kappa shape index (κ3) is 5.47. The van der Waals surface area contributed by atoms with E-state index in [1.807, 2.05) is 0 Å². The zero-order chi connectivity index (χ0) is 23.8. The number of carbonyl (C=O) groups is 2. The van der Waals surface area contributed by atoms with Gasteiger partial charge in [0, 0.05) is 11.3 Å². The van der Waals surface area contributed by atoms with Crippen LogP contribution >= 0.6 is 0 Å². The third-order valence-corrected chi connectivity index (χ3v) is 6.66. The van der Waals surface area contributed by atoms with Crippen LogP contribution in [-0.4, -0.2) is 26.0 Å². The van der Waals surface area contributed by atoms with E-state index in [4.69, 9.17) is 4.74 Å². The first-order chi connectivity index (χ1) is 15.5. The van der Waals surface area contributed by atoms with Crippen LogP contribution in [0, 0.1) is 0 Å². The zero-order valence-electron chi connectivity index (χ0n) is 19.1. The highest BCUT2D eigenvalue weighted by molar-refractivity contribution is 7.91. The van der Waals surface area contributed by atoms with Crippen molar-refractivity contribution in [1.29, 1.82) is 0 Å². The fourth-order valence-corrected chi connectivity index (χ4v) is 5.33. The minimum Gasteiger partial charge on any atom is -0.444 e. The fourth-order valence-electron chi connectivity index (χ4n) is 4.41. The minimum absolute atomic E-state index is 0.152. The molecule has 2 aromatic rings. The second-order valence-corrected chi connectivity index (χ2v) is 10.9. The summed E-state index contributed by atoms with van der Waals surface area (Å²) < 4.78 is 35.6. The lowest BCUT2D eigenvalue weighted by Gasteiger charge is -2.19. The van der Waals surface area contributed by atoms with Crippen molar-refractivity contribution in [2.75, 3.05) is 10.0 Å². The summed E-state index contributed by atoms with van der Waals surface area (Å²) in [4.78, 5) is 24.5. The molecule has 4 rings (SSSR count). The van der Waals surface area contributed by atoms with Gasteiger partial charge in [-0.1, -0.05) is 6.07 Å². The number of anilines is 2. The lowest BCUT2D eigenvalue weighted by Crippen LogP contribution is -2.36. The average molecular weight is 472 g/mol. The summed E-state index contributed by atoms with van der Waals surface area (Å²) in [5, 5.41) is 2.57. The molecule has 0 spiro atoms. The summed E-state index contributed by atoms with van der Waals surface area (Å²) in [5.41, 5.74) is 5.09. The van der Waals surface area contributed by atoms with Crippen molar-refractivity contribution in [1.82, 2.24) is 4.72 Å². The maximum Gasteiger partial charge on any atom is 0.412 e. The van der Waals surface area contributed by atoms with Crippen molar-refractivity contribution >= 4 is 33.6 Å². The van der Waals surface area contributed by atoms with Crippen LogP contribution in [0.25, 0.3) is 0 Å². The smallest absolute Gasteiger partial charge is 0.412 e. The second kappa shape index (κ2) is 8.70. The van der Waals surface area contributed by atoms with Crippen LogP contribution in [0.3, 0.4) is 0 Å². The number of hydrogen-bond acceptors (Lipinski definition) is 5. The van der Waals surface area contributed by atoms with Crippen molar-refractivity contribution in [3.05, 3.63) is 58.1 Å². The molecule has 0 heterocycles. The van der Waals surface area contributed by atoms with E-state index >= 15 is 0 Å². The van der Waals surface area contributed by atoms with Gasteiger partial charge in [-0.2, -0.15) is 8.42 Å². The number of aryl methyl sites for hydroxylation is 2. The molecule has 0 bridgehead atoms. The number of ether oxygens (including phenoxy) is 1. The van der Waals surface area contributed by atoms with E-state index in [0.29, 0.717) is 11.4 Å². The molecule has 0 radical (unpaired) electrons. The highest BCUT2D eigenvalue weighted by atomic mass is 32.2. The molecule has 2 aliphatic carbocycles. The number of carbonyl (C=O) groups excluding carboxylic acids is 2. The van der Waals surface area contributed by atoms with Crippen molar-refractivity contribution in [2.45, 2.75) is 64.9 Å². The molecular formula is C24H29N3O5S. The Morgan fingerprint density at radius 3 is 2.03 bits per heavy atom. The van der Waals surface area contributed by atoms with Crippen LogP contribution < -0.4 is 14.8 Å². The first-order valence-corrected chi connectivity index (χ1v) is 12.6. The molecule has 2 aliphatic rings. The number of hydrogen-bond donors (Lipinski definition) is 3. The highest BCUT2D eigenvalue weighted by Gasteiger charge is 2.27. The van der Waals surface area contributed by atoms with Gasteiger partial charge < -0.3 is 4.74 Å². The summed E-state index contributed by atoms with van der Waals surface area (Å²) >= 11 is 0. The first kappa shape index (κ1) is 23.1. The van der Waals surface area contributed by atoms with Gasteiger partial charge >= 0.3 is 16.3 Å². The summed E-state index contributed by atoms with van der Waals surface area (Å²) in [6.45, 7) is 5.27. The Hall–Kier alpha value is -3.07. The van der Waals surface area contributed by atoms with Gasteiger partial charge in [0.15, 0.2) is 0 Å². The Morgan fingerprint density at radius 1 is 0.909 bits per heavy atom. The zero-order valence-corrected chi connectivity index (χ0v) is 19.9. The molecule has 8 nitrogen and oxygen atoms in total. The number of benzene rings is 2. The average Bonchev–Trinajstić information content (AvgIpc) is 3.35. The standard InChI is InChI=1S/C24H29N3O5S/c1-24(2,3)32-23(29)25-18-12-10-15(11-13-18)22(28)27-33(30,31)26-21-19-8-4-6-16(19)14-17-7-5-9-20(17)21/h10-14,26H,4-9H2,1-3H3,(H,25,29)(H,27,28). The van der Waals surface area contributed by atoms with Crippen LogP contribution in [0.5, 0.6) is 0 Å². The molecule has 0 aromatic heterocycles. The lowest BCUT2D eigenvalue weighted by molar-refractivity contribution is 0.0635. The lowest BCUT2D eigenvalue weighted by atomic mass is 9.99. The Morgan fingerprint density at radius 2 is 1.48 bits per heavy atom. The molecular weight excluding hydrogens is 442 g/mol. The largest absolute Gasteiger partial charge is 0.444 e. The number of nitrogens with one attached hydrogen (secondary N) is 3. The van der Waals surface area contributed by atoms with Crippen LogP contribution in [0.4, 0.5) is 16.2 Å². The third-order valence-electron chi connectivity index (χ3n) is 5.73. The number of amides is 2.